The first-order chi connectivity index (χ1) is 16.8. The fraction of sp³-hybridized carbons (Fsp3) is 0.167. The zero-order valence-corrected chi connectivity index (χ0v) is 18.9. The average Bonchev–Trinajstić information content (AvgIpc) is 3.35. The summed E-state index contributed by atoms with van der Waals surface area (Å²) in [7, 11) is 1.46. The van der Waals surface area contributed by atoms with E-state index in [-0.39, 0.29) is 27.6 Å². The minimum atomic E-state index is -1.30. The number of ether oxygens (including phenoxy) is 1. The highest BCUT2D eigenvalue weighted by Gasteiger charge is 2.61. The second-order valence-electron chi connectivity index (χ2n) is 7.95. The highest BCUT2D eigenvalue weighted by molar-refractivity contribution is 6.31. The van der Waals surface area contributed by atoms with Gasteiger partial charge in [0.05, 0.1) is 23.4 Å². The number of nitrogens with zero attached hydrogens (tertiary/aromatic N) is 3. The Morgan fingerprint density at radius 2 is 1.74 bits per heavy atom. The second kappa shape index (κ2) is 8.64. The summed E-state index contributed by atoms with van der Waals surface area (Å²) in [6.07, 6.45) is -1.30. The van der Waals surface area contributed by atoms with Crippen molar-refractivity contribution in [2.45, 2.75) is 12.1 Å². The number of non-ortho nitro benzene ring substituents is 1. The number of benzene rings is 3. The third-order valence-electron chi connectivity index (χ3n) is 6.02. The van der Waals surface area contributed by atoms with E-state index in [2.05, 4.69) is 0 Å². The number of carbonyl (C=O) groups is 2. The van der Waals surface area contributed by atoms with Gasteiger partial charge in [-0.05, 0) is 30.3 Å². The molecule has 2 saturated heterocycles. The molecule has 2 amide bonds. The van der Waals surface area contributed by atoms with E-state index < -0.39 is 40.6 Å². The molecular weight excluding hydrogens is 481 g/mol. The van der Waals surface area contributed by atoms with Crippen LogP contribution in [-0.4, -0.2) is 30.0 Å². The van der Waals surface area contributed by atoms with Gasteiger partial charge in [-0.2, -0.15) is 0 Å². The van der Waals surface area contributed by atoms with Crippen molar-refractivity contribution in [3.05, 3.63) is 93.2 Å². The minimum absolute atomic E-state index is 0.0229. The molecule has 2 heterocycles. The molecule has 2 fully saturated rings. The van der Waals surface area contributed by atoms with Crippen LogP contribution in [0.4, 0.5) is 21.5 Å². The number of hydrogen-bond donors (Lipinski definition) is 0. The Morgan fingerprint density at radius 3 is 2.46 bits per heavy atom. The van der Waals surface area contributed by atoms with E-state index in [1.54, 1.807) is 18.2 Å². The molecule has 0 spiro atoms. The third kappa shape index (κ3) is 3.67. The fourth-order valence-corrected chi connectivity index (χ4v) is 4.75. The van der Waals surface area contributed by atoms with E-state index in [4.69, 9.17) is 21.2 Å². The van der Waals surface area contributed by atoms with Crippen LogP contribution in [0.3, 0.4) is 0 Å². The molecule has 0 saturated carbocycles. The van der Waals surface area contributed by atoms with Gasteiger partial charge in [-0.3, -0.25) is 24.5 Å². The van der Waals surface area contributed by atoms with Crippen LogP contribution in [0, 0.1) is 21.8 Å². The van der Waals surface area contributed by atoms with E-state index in [0.717, 1.165) is 9.96 Å². The van der Waals surface area contributed by atoms with Gasteiger partial charge in [-0.15, -0.1) is 0 Å². The lowest BCUT2D eigenvalue weighted by Crippen LogP contribution is -2.37. The van der Waals surface area contributed by atoms with Crippen LogP contribution in [0.2, 0.25) is 5.02 Å². The van der Waals surface area contributed by atoms with Crippen LogP contribution >= 0.6 is 11.6 Å². The predicted octanol–water partition coefficient (Wildman–Crippen LogP) is 4.45. The fourth-order valence-electron chi connectivity index (χ4n) is 4.47. The Hall–Kier alpha value is -4.02. The largest absolute Gasteiger partial charge is 0.497 e. The molecule has 2 aliphatic rings. The SMILES string of the molecule is COc1cccc(N2C(=O)C3ON(c4cccc([N+](=O)[O-])c4)C(c4c(F)cccc4Cl)C3C2=O)c1. The average molecular weight is 498 g/mol. The summed E-state index contributed by atoms with van der Waals surface area (Å²) < 4.78 is 20.3. The summed E-state index contributed by atoms with van der Waals surface area (Å²) in [5, 5.41) is 12.5. The Labute approximate surface area is 203 Å². The molecule has 0 N–H and O–H groups in total. The van der Waals surface area contributed by atoms with Gasteiger partial charge in [0.1, 0.15) is 23.5 Å². The van der Waals surface area contributed by atoms with Crippen molar-refractivity contribution in [3.8, 4) is 5.75 Å². The highest BCUT2D eigenvalue weighted by atomic mass is 35.5. The summed E-state index contributed by atoms with van der Waals surface area (Å²) in [6, 6.07) is 14.7. The van der Waals surface area contributed by atoms with Crippen LogP contribution in [0.5, 0.6) is 5.75 Å². The van der Waals surface area contributed by atoms with Gasteiger partial charge in [-0.25, -0.2) is 14.4 Å². The monoisotopic (exact) mass is 497 g/mol. The molecule has 3 aromatic rings. The van der Waals surface area contributed by atoms with Crippen LogP contribution in [-0.2, 0) is 14.4 Å². The van der Waals surface area contributed by atoms with Crippen molar-refractivity contribution < 1.29 is 28.5 Å². The van der Waals surface area contributed by atoms with Crippen LogP contribution in [0.25, 0.3) is 0 Å². The molecule has 2 aliphatic heterocycles. The number of anilines is 2. The lowest BCUT2D eigenvalue weighted by Gasteiger charge is -2.29. The van der Waals surface area contributed by atoms with Gasteiger partial charge in [-0.1, -0.05) is 29.8 Å². The van der Waals surface area contributed by atoms with E-state index in [0.29, 0.717) is 5.75 Å². The Balaban J connectivity index is 1.63. The lowest BCUT2D eigenvalue weighted by atomic mass is 9.90. The van der Waals surface area contributed by atoms with E-state index in [1.807, 2.05) is 0 Å². The van der Waals surface area contributed by atoms with Crippen molar-refractivity contribution in [2.24, 2.45) is 5.92 Å². The maximum Gasteiger partial charge on any atom is 0.271 e. The standard InChI is InChI=1S/C24H17ClFN3O6/c1-34-16-8-3-5-13(12-16)27-23(30)20-21(19-17(25)9-4-10-18(19)26)28(35-22(20)24(27)31)14-6-2-7-15(11-14)29(32)33/h2-12,20-22H,1H3. The van der Waals surface area contributed by atoms with Crippen LogP contribution in [0.1, 0.15) is 11.6 Å². The number of nitro groups is 1. The first-order valence-corrected chi connectivity index (χ1v) is 10.9. The van der Waals surface area contributed by atoms with Gasteiger partial charge in [0, 0.05) is 28.8 Å². The molecule has 0 aromatic heterocycles. The minimum Gasteiger partial charge on any atom is -0.497 e. The van der Waals surface area contributed by atoms with Crippen molar-refractivity contribution in [1.29, 1.82) is 0 Å². The van der Waals surface area contributed by atoms with Gasteiger partial charge in [0.2, 0.25) is 5.91 Å². The molecule has 35 heavy (non-hydrogen) atoms. The maximum atomic E-state index is 15.1. The second-order valence-corrected chi connectivity index (χ2v) is 8.36. The molecule has 9 nitrogen and oxygen atoms in total. The van der Waals surface area contributed by atoms with Crippen LogP contribution < -0.4 is 14.7 Å². The first-order valence-electron chi connectivity index (χ1n) is 10.5. The van der Waals surface area contributed by atoms with Gasteiger partial charge in [0.15, 0.2) is 6.10 Å². The number of halogens is 2. The quantitative estimate of drug-likeness (QED) is 0.291. The van der Waals surface area contributed by atoms with E-state index in [1.165, 1.54) is 55.6 Å². The predicted molar refractivity (Wildman–Crippen MR) is 124 cm³/mol. The number of hydroxylamine groups is 1. The molecule has 178 valence electrons. The zero-order chi connectivity index (χ0) is 24.9. The summed E-state index contributed by atoms with van der Waals surface area (Å²) >= 11 is 6.35. The number of methoxy groups -OCH3 is 1. The summed E-state index contributed by atoms with van der Waals surface area (Å²) in [5.74, 6) is -2.71. The first kappa shape index (κ1) is 22.8. The van der Waals surface area contributed by atoms with Crippen LogP contribution in [0.15, 0.2) is 66.7 Å². The lowest BCUT2D eigenvalue weighted by molar-refractivity contribution is -0.384. The van der Waals surface area contributed by atoms with Gasteiger partial charge < -0.3 is 4.74 Å². The van der Waals surface area contributed by atoms with Crippen molar-refractivity contribution in [2.75, 3.05) is 17.1 Å². The molecule has 3 unspecified atom stereocenters. The number of hydrogen-bond acceptors (Lipinski definition) is 7. The molecule has 3 atom stereocenters. The smallest absolute Gasteiger partial charge is 0.271 e. The zero-order valence-electron chi connectivity index (χ0n) is 18.1. The van der Waals surface area contributed by atoms with E-state index in [9.17, 15) is 19.7 Å². The Bertz CT molecular complexity index is 1350. The van der Waals surface area contributed by atoms with Crippen molar-refractivity contribution >= 4 is 40.5 Å². The topological polar surface area (TPSA) is 102 Å². The molecular formula is C24H17ClFN3O6. The molecule has 0 bridgehead atoms. The highest BCUT2D eigenvalue weighted by Crippen LogP contribution is 2.50. The summed E-state index contributed by atoms with van der Waals surface area (Å²) in [5.41, 5.74) is 0.156. The molecule has 0 aliphatic carbocycles. The number of nitro benzene ring substituents is 1. The normalized spacial score (nSPS) is 21.4. The molecule has 5 rings (SSSR count). The molecule has 11 heteroatoms. The number of amides is 2. The molecule has 0 radical (unpaired) electrons. The van der Waals surface area contributed by atoms with Gasteiger partial charge in [0.25, 0.3) is 11.6 Å². The number of carbonyl (C=O) groups excluding carboxylic acids is 2. The molecule has 3 aromatic carbocycles. The third-order valence-corrected chi connectivity index (χ3v) is 6.35. The number of rotatable bonds is 5. The summed E-state index contributed by atoms with van der Waals surface area (Å²) in [4.78, 5) is 44.6. The van der Waals surface area contributed by atoms with Gasteiger partial charge >= 0.3 is 0 Å². The Kier molecular flexibility index (Phi) is 5.62. The van der Waals surface area contributed by atoms with E-state index >= 15 is 4.39 Å². The number of fused-ring (bicyclic) bond motifs is 1. The van der Waals surface area contributed by atoms with Crippen molar-refractivity contribution in [3.63, 3.8) is 0 Å². The van der Waals surface area contributed by atoms with Crippen molar-refractivity contribution in [1.82, 2.24) is 0 Å². The summed E-state index contributed by atoms with van der Waals surface area (Å²) in [6.45, 7) is 0. The Morgan fingerprint density at radius 1 is 1.03 bits per heavy atom. The maximum absolute atomic E-state index is 15.1. The number of imide groups is 1.